The molecular weight excluding hydrogens is 410 g/mol. The zero-order valence-electron chi connectivity index (χ0n) is 17.9. The number of nitrogens with zero attached hydrogens (tertiary/aromatic N) is 1. The van der Waals surface area contributed by atoms with Crippen molar-refractivity contribution in [3.63, 3.8) is 0 Å². The van der Waals surface area contributed by atoms with E-state index < -0.39 is 23.4 Å². The van der Waals surface area contributed by atoms with E-state index in [1.807, 2.05) is 24.3 Å². The lowest BCUT2D eigenvalue weighted by Gasteiger charge is -2.19. The van der Waals surface area contributed by atoms with Crippen molar-refractivity contribution in [2.75, 3.05) is 10.2 Å². The molecule has 0 aliphatic carbocycles. The molecular formula is C26H22F2N2O2. The van der Waals surface area contributed by atoms with Crippen molar-refractivity contribution in [1.29, 1.82) is 0 Å². The molecule has 0 saturated carbocycles. The molecule has 0 bridgehead atoms. The van der Waals surface area contributed by atoms with Crippen molar-refractivity contribution in [3.8, 4) is 0 Å². The van der Waals surface area contributed by atoms with Gasteiger partial charge in [0.1, 0.15) is 17.3 Å². The molecule has 3 aromatic rings. The number of carbonyl (C=O) groups excluding carboxylic acids is 2. The number of hydrogen-bond donors (Lipinski definition) is 1. The molecule has 0 unspecified atom stereocenters. The monoisotopic (exact) mass is 432 g/mol. The normalized spacial score (nSPS) is 14.3. The van der Waals surface area contributed by atoms with E-state index in [0.717, 1.165) is 16.5 Å². The first-order chi connectivity index (χ1) is 15.1. The highest BCUT2D eigenvalue weighted by atomic mass is 19.1. The van der Waals surface area contributed by atoms with Gasteiger partial charge in [-0.1, -0.05) is 51.1 Å². The van der Waals surface area contributed by atoms with Crippen LogP contribution < -0.4 is 10.2 Å². The Balaban J connectivity index is 1.78. The van der Waals surface area contributed by atoms with Gasteiger partial charge in [0.05, 0.1) is 11.3 Å². The molecule has 1 aliphatic rings. The Kier molecular flexibility index (Phi) is 5.38. The first kappa shape index (κ1) is 21.4. The maximum absolute atomic E-state index is 13.8. The van der Waals surface area contributed by atoms with Crippen LogP contribution in [-0.2, 0) is 15.0 Å². The third-order valence-electron chi connectivity index (χ3n) is 5.30. The number of benzene rings is 3. The summed E-state index contributed by atoms with van der Waals surface area (Å²) < 4.78 is 27.3. The second-order valence-electron chi connectivity index (χ2n) is 8.63. The minimum Gasteiger partial charge on any atom is -0.350 e. The molecule has 3 aromatic carbocycles. The van der Waals surface area contributed by atoms with Crippen molar-refractivity contribution in [2.45, 2.75) is 26.2 Å². The van der Waals surface area contributed by atoms with Crippen LogP contribution in [0.3, 0.4) is 0 Å². The number of rotatable bonds is 4. The van der Waals surface area contributed by atoms with Gasteiger partial charge in [-0.2, -0.15) is 0 Å². The minimum absolute atomic E-state index is 0.0373. The van der Waals surface area contributed by atoms with Gasteiger partial charge in [0.25, 0.3) is 11.8 Å². The van der Waals surface area contributed by atoms with Crippen LogP contribution in [0.15, 0.2) is 78.5 Å². The lowest BCUT2D eigenvalue weighted by molar-refractivity contribution is -0.120. The maximum atomic E-state index is 13.8. The molecule has 1 heterocycles. The Labute approximate surface area is 185 Å². The van der Waals surface area contributed by atoms with Crippen molar-refractivity contribution < 1.29 is 18.4 Å². The summed E-state index contributed by atoms with van der Waals surface area (Å²) in [5.41, 5.74) is 2.36. The van der Waals surface area contributed by atoms with Crippen molar-refractivity contribution in [1.82, 2.24) is 0 Å². The Hall–Kier alpha value is -3.80. The van der Waals surface area contributed by atoms with E-state index in [1.165, 1.54) is 42.5 Å². The van der Waals surface area contributed by atoms with E-state index in [0.29, 0.717) is 11.3 Å². The second-order valence-corrected chi connectivity index (χ2v) is 8.63. The van der Waals surface area contributed by atoms with E-state index >= 15 is 0 Å². The van der Waals surface area contributed by atoms with E-state index in [9.17, 15) is 18.4 Å². The fourth-order valence-corrected chi connectivity index (χ4v) is 3.58. The zero-order chi connectivity index (χ0) is 23.0. The molecule has 162 valence electrons. The molecule has 1 aliphatic heterocycles. The van der Waals surface area contributed by atoms with Crippen LogP contribution in [0.1, 0.15) is 31.9 Å². The first-order valence-corrected chi connectivity index (χ1v) is 10.2. The second kappa shape index (κ2) is 8.04. The molecule has 0 atom stereocenters. The van der Waals surface area contributed by atoms with Gasteiger partial charge in [0.15, 0.2) is 0 Å². The predicted molar refractivity (Wildman–Crippen MR) is 121 cm³/mol. The molecule has 6 heteroatoms. The largest absolute Gasteiger partial charge is 0.350 e. The smallest absolute Gasteiger partial charge is 0.282 e. The standard InChI is InChI=1S/C26H22F2N2O2/c1-26(2,3)17-9-13-20(14-10-17)29-23-22(16-7-11-18(27)12-8-16)24(31)30(25(23)32)21-6-4-5-19(28)15-21/h4-15,29H,1-3H3. The van der Waals surface area contributed by atoms with Crippen LogP contribution in [0.2, 0.25) is 0 Å². The van der Waals surface area contributed by atoms with Gasteiger partial charge in [-0.15, -0.1) is 0 Å². The number of nitrogens with one attached hydrogen (secondary N) is 1. The summed E-state index contributed by atoms with van der Waals surface area (Å²) in [6.07, 6.45) is 0. The summed E-state index contributed by atoms with van der Waals surface area (Å²) in [6, 6.07) is 18.2. The molecule has 32 heavy (non-hydrogen) atoms. The highest BCUT2D eigenvalue weighted by Gasteiger charge is 2.40. The molecule has 1 N–H and O–H groups in total. The highest BCUT2D eigenvalue weighted by Crippen LogP contribution is 2.34. The Morgan fingerprint density at radius 1 is 0.781 bits per heavy atom. The van der Waals surface area contributed by atoms with Crippen LogP contribution in [-0.4, -0.2) is 11.8 Å². The summed E-state index contributed by atoms with van der Waals surface area (Å²) in [5.74, 6) is -2.24. The fourth-order valence-electron chi connectivity index (χ4n) is 3.58. The number of hydrogen-bond acceptors (Lipinski definition) is 3. The zero-order valence-corrected chi connectivity index (χ0v) is 17.9. The van der Waals surface area contributed by atoms with Gasteiger partial charge in [0.2, 0.25) is 0 Å². The number of carbonyl (C=O) groups is 2. The molecule has 0 radical (unpaired) electrons. The predicted octanol–water partition coefficient (Wildman–Crippen LogP) is 5.66. The van der Waals surface area contributed by atoms with Gasteiger partial charge in [-0.25, -0.2) is 13.7 Å². The molecule has 4 rings (SSSR count). The van der Waals surface area contributed by atoms with Crippen LogP contribution >= 0.6 is 0 Å². The molecule has 0 saturated heterocycles. The van der Waals surface area contributed by atoms with Gasteiger partial charge in [-0.3, -0.25) is 9.59 Å². The summed E-state index contributed by atoms with van der Waals surface area (Å²) in [5, 5.41) is 3.06. The summed E-state index contributed by atoms with van der Waals surface area (Å²) in [4.78, 5) is 27.5. The van der Waals surface area contributed by atoms with E-state index in [-0.39, 0.29) is 22.4 Å². The summed E-state index contributed by atoms with van der Waals surface area (Å²) in [7, 11) is 0. The topological polar surface area (TPSA) is 49.4 Å². The molecule has 0 aromatic heterocycles. The number of anilines is 2. The lowest BCUT2D eigenvalue weighted by atomic mass is 9.87. The van der Waals surface area contributed by atoms with Crippen molar-refractivity contribution in [3.05, 3.63) is 101 Å². The average molecular weight is 432 g/mol. The Morgan fingerprint density at radius 3 is 2.03 bits per heavy atom. The summed E-state index contributed by atoms with van der Waals surface area (Å²) in [6.45, 7) is 6.29. The van der Waals surface area contributed by atoms with Crippen LogP contribution in [0.25, 0.3) is 5.57 Å². The molecule has 0 spiro atoms. The fraction of sp³-hybridized carbons (Fsp3) is 0.154. The number of halogens is 2. The molecule has 2 amide bonds. The number of imide groups is 1. The van der Waals surface area contributed by atoms with Crippen molar-refractivity contribution in [2.24, 2.45) is 0 Å². The van der Waals surface area contributed by atoms with Gasteiger partial charge in [-0.05, 0) is 59.0 Å². The third-order valence-corrected chi connectivity index (χ3v) is 5.30. The highest BCUT2D eigenvalue weighted by molar-refractivity contribution is 6.46. The van der Waals surface area contributed by atoms with Gasteiger partial charge in [0, 0.05) is 5.69 Å². The average Bonchev–Trinajstić information content (AvgIpc) is 2.98. The minimum atomic E-state index is -0.611. The Morgan fingerprint density at radius 2 is 1.44 bits per heavy atom. The van der Waals surface area contributed by atoms with Gasteiger partial charge < -0.3 is 5.32 Å². The van der Waals surface area contributed by atoms with Gasteiger partial charge >= 0.3 is 0 Å². The molecule has 0 fully saturated rings. The van der Waals surface area contributed by atoms with E-state index in [1.54, 1.807) is 0 Å². The van der Waals surface area contributed by atoms with E-state index in [2.05, 4.69) is 26.1 Å². The Bertz CT molecular complexity index is 1220. The maximum Gasteiger partial charge on any atom is 0.282 e. The quantitative estimate of drug-likeness (QED) is 0.542. The first-order valence-electron chi connectivity index (χ1n) is 10.2. The SMILES string of the molecule is CC(C)(C)c1ccc(NC2=C(c3ccc(F)cc3)C(=O)N(c3cccc(F)c3)C2=O)cc1. The van der Waals surface area contributed by atoms with Crippen molar-refractivity contribution >= 4 is 28.8 Å². The molecule has 4 nitrogen and oxygen atoms in total. The summed E-state index contributed by atoms with van der Waals surface area (Å²) >= 11 is 0. The third kappa shape index (κ3) is 4.04. The van der Waals surface area contributed by atoms with Crippen LogP contribution in [0, 0.1) is 11.6 Å². The number of amides is 2. The lowest BCUT2D eigenvalue weighted by Crippen LogP contribution is -2.32. The van der Waals surface area contributed by atoms with Crippen LogP contribution in [0.5, 0.6) is 0 Å². The van der Waals surface area contributed by atoms with E-state index in [4.69, 9.17) is 0 Å². The van der Waals surface area contributed by atoms with Crippen LogP contribution in [0.4, 0.5) is 20.2 Å².